The van der Waals surface area contributed by atoms with E-state index in [4.69, 9.17) is 10.1 Å². The fourth-order valence-electron chi connectivity index (χ4n) is 0.904. The van der Waals surface area contributed by atoms with E-state index in [1.807, 2.05) is 0 Å². The second-order valence-corrected chi connectivity index (χ2v) is 3.76. The van der Waals surface area contributed by atoms with E-state index in [1.54, 1.807) is 6.07 Å². The van der Waals surface area contributed by atoms with Crippen LogP contribution >= 0.6 is 0 Å². The van der Waals surface area contributed by atoms with Gasteiger partial charge in [-0.2, -0.15) is 0 Å². The second-order valence-electron chi connectivity index (χ2n) is 2.52. The second kappa shape index (κ2) is 5.53. The van der Waals surface area contributed by atoms with Gasteiger partial charge in [0.1, 0.15) is 0 Å². The van der Waals surface area contributed by atoms with Crippen molar-refractivity contribution >= 4 is 22.1 Å². The number of nitrogens with zero attached hydrogens (tertiary/aromatic N) is 2. The van der Waals surface area contributed by atoms with Crippen LogP contribution in [0.5, 0.6) is 0 Å². The van der Waals surface area contributed by atoms with Gasteiger partial charge in [-0.3, -0.25) is 0 Å². The van der Waals surface area contributed by atoms with Gasteiger partial charge >= 0.3 is 39.9 Å². The molecule has 0 aliphatic carbocycles. The summed E-state index contributed by atoms with van der Waals surface area (Å²) < 4.78 is 29.4. The van der Waals surface area contributed by atoms with Crippen LogP contribution in [0.2, 0.25) is 0 Å². The molecule has 0 aliphatic heterocycles. The minimum atomic E-state index is -4.63. The van der Waals surface area contributed by atoms with Crippen molar-refractivity contribution in [1.82, 2.24) is 0 Å². The van der Waals surface area contributed by atoms with E-state index in [0.717, 1.165) is 0 Å². The Hall–Kier alpha value is -0.530. The molecule has 0 heterocycles. The van der Waals surface area contributed by atoms with Gasteiger partial charge in [-0.15, -0.1) is 12.5 Å². The van der Waals surface area contributed by atoms with E-state index >= 15 is 0 Å². The summed E-state index contributed by atoms with van der Waals surface area (Å²) in [6, 6.07) is 5.90. The van der Waals surface area contributed by atoms with Crippen LogP contribution in [0.15, 0.2) is 30.8 Å². The van der Waals surface area contributed by atoms with Gasteiger partial charge in [-0.1, -0.05) is 24.8 Å². The number of hydrogen-bond acceptors (Lipinski definition) is 2. The Bertz CT molecular complexity index is 490. The normalized spacial score (nSPS) is 10.2. The quantitative estimate of drug-likeness (QED) is 0.313. The topological polar surface area (TPSA) is 79.7 Å². The van der Waals surface area contributed by atoms with Crippen molar-refractivity contribution in [2.45, 2.75) is 0 Å². The van der Waals surface area contributed by atoms with Gasteiger partial charge in [0, 0.05) is 12.1 Å². The summed E-state index contributed by atoms with van der Waals surface area (Å²) in [5.74, 6) is 0. The first-order valence-corrected chi connectivity index (χ1v) is 5.04. The molecule has 0 spiro atoms. The van der Waals surface area contributed by atoms with Gasteiger partial charge in [0.2, 0.25) is 5.69 Å². The van der Waals surface area contributed by atoms with E-state index in [1.165, 1.54) is 24.3 Å². The SMILES string of the molecule is C=Cc1cccc([N+](=[N-])S(=O)(=O)O)c1.[H-].[Na+]. The molecule has 0 atom stereocenters. The molecule has 7 heteroatoms. The molecule has 0 fully saturated rings. The Morgan fingerprint density at radius 1 is 1.53 bits per heavy atom. The summed E-state index contributed by atoms with van der Waals surface area (Å²) in [6.07, 6.45) is 1.49. The van der Waals surface area contributed by atoms with Crippen LogP contribution in [0, 0.1) is 0 Å². The Labute approximate surface area is 112 Å². The number of benzene rings is 1. The monoisotopic (exact) mass is 236 g/mol. The molecule has 5 nitrogen and oxygen atoms in total. The molecule has 0 radical (unpaired) electrons. The number of rotatable bonds is 3. The fourth-order valence-corrected chi connectivity index (χ4v) is 1.28. The molecule has 1 aromatic carbocycles. The molecule has 0 amide bonds. The summed E-state index contributed by atoms with van der Waals surface area (Å²) in [4.78, 5) is 0. The van der Waals surface area contributed by atoms with Crippen LogP contribution in [0.1, 0.15) is 6.99 Å². The van der Waals surface area contributed by atoms with Crippen LogP contribution in [0.25, 0.3) is 11.6 Å². The molecular weight excluding hydrogens is 227 g/mol. The van der Waals surface area contributed by atoms with Crippen LogP contribution in [-0.4, -0.2) is 17.1 Å². The smallest absolute Gasteiger partial charge is 1.00 e. The predicted octanol–water partition coefficient (Wildman–Crippen LogP) is -1.09. The Kier molecular flexibility index (Phi) is 5.33. The Morgan fingerprint density at radius 2 is 2.13 bits per heavy atom. The molecule has 1 N–H and O–H groups in total. The summed E-state index contributed by atoms with van der Waals surface area (Å²) in [7, 11) is -4.63. The molecule has 15 heavy (non-hydrogen) atoms. The summed E-state index contributed by atoms with van der Waals surface area (Å²) >= 11 is 0. The first-order valence-electron chi connectivity index (χ1n) is 3.64. The summed E-state index contributed by atoms with van der Waals surface area (Å²) in [5.41, 5.74) is 9.62. The van der Waals surface area contributed by atoms with E-state index in [0.29, 0.717) is 5.56 Å². The third kappa shape index (κ3) is 3.84. The maximum atomic E-state index is 10.5. The molecule has 76 valence electrons. The molecule has 1 rings (SSSR count). The summed E-state index contributed by atoms with van der Waals surface area (Å²) in [6.45, 7) is 3.48. The zero-order chi connectivity index (χ0) is 10.8. The van der Waals surface area contributed by atoms with E-state index in [-0.39, 0.29) is 40.8 Å². The molecule has 0 bridgehead atoms. The average Bonchev–Trinajstić information content (AvgIpc) is 2.15. The fraction of sp³-hybridized carbons (Fsp3) is 0. The minimum Gasteiger partial charge on any atom is -1.00 e. The van der Waals surface area contributed by atoms with Crippen molar-refractivity contribution in [3.63, 3.8) is 0 Å². The van der Waals surface area contributed by atoms with Gasteiger partial charge in [0.15, 0.2) is 0 Å². The zero-order valence-corrected chi connectivity index (χ0v) is 11.0. The maximum absolute atomic E-state index is 10.5. The molecule has 0 aliphatic rings. The van der Waals surface area contributed by atoms with Crippen molar-refractivity contribution < 1.29 is 48.1 Å². The largest absolute Gasteiger partial charge is 1.00 e. The van der Waals surface area contributed by atoms with Crippen LogP contribution in [0.3, 0.4) is 0 Å². The van der Waals surface area contributed by atoms with E-state index in [9.17, 15) is 8.42 Å². The van der Waals surface area contributed by atoms with Crippen molar-refractivity contribution in [3.05, 3.63) is 41.9 Å². The summed E-state index contributed by atoms with van der Waals surface area (Å²) in [5, 5.41) is 0. The van der Waals surface area contributed by atoms with Gasteiger partial charge < -0.3 is 6.96 Å². The third-order valence-corrected chi connectivity index (χ3v) is 2.19. The number of hydrogen-bond donors (Lipinski definition) is 1. The van der Waals surface area contributed by atoms with Crippen molar-refractivity contribution in [2.24, 2.45) is 0 Å². The first kappa shape index (κ1) is 14.5. The molecule has 0 aromatic heterocycles. The molecule has 0 saturated heterocycles. The molecule has 0 unspecified atom stereocenters. The zero-order valence-electron chi connectivity index (χ0n) is 9.16. The van der Waals surface area contributed by atoms with Gasteiger partial charge in [0.25, 0.3) is 0 Å². The minimum absolute atomic E-state index is 0. The third-order valence-electron chi connectivity index (χ3n) is 1.55. The maximum Gasteiger partial charge on any atom is 1.00 e. The Balaban J connectivity index is 0. The van der Waals surface area contributed by atoms with Crippen molar-refractivity contribution in [1.29, 1.82) is 0 Å². The van der Waals surface area contributed by atoms with Crippen molar-refractivity contribution in [3.8, 4) is 0 Å². The van der Waals surface area contributed by atoms with Crippen LogP contribution < -0.4 is 29.6 Å². The van der Waals surface area contributed by atoms with Gasteiger partial charge in [0.05, 0.1) is 0 Å². The predicted molar refractivity (Wildman–Crippen MR) is 52.5 cm³/mol. The average molecular weight is 236 g/mol. The molecule has 1 aromatic rings. The van der Waals surface area contributed by atoms with E-state index in [2.05, 4.69) is 6.58 Å². The van der Waals surface area contributed by atoms with E-state index < -0.39 is 10.3 Å². The van der Waals surface area contributed by atoms with Gasteiger partial charge in [-0.25, -0.2) is 4.55 Å². The van der Waals surface area contributed by atoms with Crippen molar-refractivity contribution in [2.75, 3.05) is 0 Å². The Morgan fingerprint density at radius 3 is 2.60 bits per heavy atom. The first-order chi connectivity index (χ1) is 6.45. The van der Waals surface area contributed by atoms with Crippen LogP contribution in [0.4, 0.5) is 5.69 Å². The van der Waals surface area contributed by atoms with Crippen LogP contribution in [-0.2, 0) is 10.3 Å². The standard InChI is InChI=1S/C8H8N2O3S.Na.H/c1-2-7-4-3-5-8(6-7)10(9)14(11,12)13;;/h2-6H,1H2,(H,11,12,13);;/q;+1;-1. The molecule has 0 saturated carbocycles. The molecular formula is C8H9N2NaO3S. The van der Waals surface area contributed by atoms with Gasteiger partial charge in [-0.05, 0) is 5.56 Å².